The maximum absolute atomic E-state index is 14.3. The van der Waals surface area contributed by atoms with E-state index in [1.807, 2.05) is 24.3 Å². The standard InChI is InChI=1S/C20H21ClFNO3/c1-26-18-6-5-15(12-17(18)22)19(14-3-2-4-16(21)11-14)23-9-7-13(8-10-23)20(24)25/h2-6,11-13,19H,7-10H2,1H3,(H,24,25). The number of halogens is 2. The lowest BCUT2D eigenvalue weighted by atomic mass is 9.91. The average molecular weight is 378 g/mol. The molecule has 0 saturated carbocycles. The summed E-state index contributed by atoms with van der Waals surface area (Å²) >= 11 is 6.17. The molecule has 0 aromatic heterocycles. The lowest BCUT2D eigenvalue weighted by Gasteiger charge is -2.37. The number of ether oxygens (including phenoxy) is 1. The first-order valence-electron chi connectivity index (χ1n) is 8.55. The molecule has 0 radical (unpaired) electrons. The highest BCUT2D eigenvalue weighted by molar-refractivity contribution is 6.30. The third-order valence-corrected chi connectivity index (χ3v) is 5.14. The van der Waals surface area contributed by atoms with Gasteiger partial charge in [0.2, 0.25) is 0 Å². The number of methoxy groups -OCH3 is 1. The van der Waals surface area contributed by atoms with Crippen molar-refractivity contribution in [2.45, 2.75) is 18.9 Å². The second-order valence-electron chi connectivity index (χ2n) is 6.50. The maximum Gasteiger partial charge on any atom is 0.306 e. The van der Waals surface area contributed by atoms with Gasteiger partial charge in [-0.25, -0.2) is 4.39 Å². The number of nitrogens with zero attached hydrogens (tertiary/aromatic N) is 1. The molecule has 138 valence electrons. The summed E-state index contributed by atoms with van der Waals surface area (Å²) in [6, 6.07) is 12.3. The number of hydrogen-bond acceptors (Lipinski definition) is 3. The van der Waals surface area contributed by atoms with Gasteiger partial charge in [-0.15, -0.1) is 0 Å². The SMILES string of the molecule is COc1ccc(C(c2cccc(Cl)c2)N2CCC(C(=O)O)CC2)cc1F. The van der Waals surface area contributed by atoms with Crippen LogP contribution in [0.1, 0.15) is 30.0 Å². The van der Waals surface area contributed by atoms with Crippen LogP contribution in [0.5, 0.6) is 5.75 Å². The number of carboxylic acid groups (broad SMARTS) is 1. The minimum atomic E-state index is -0.751. The first-order valence-corrected chi connectivity index (χ1v) is 8.93. The minimum absolute atomic E-state index is 0.191. The molecule has 26 heavy (non-hydrogen) atoms. The molecule has 0 bridgehead atoms. The zero-order valence-electron chi connectivity index (χ0n) is 14.5. The van der Waals surface area contributed by atoms with Gasteiger partial charge in [0.25, 0.3) is 0 Å². The molecule has 3 rings (SSSR count). The predicted molar refractivity (Wildman–Crippen MR) is 98.2 cm³/mol. The summed E-state index contributed by atoms with van der Waals surface area (Å²) in [7, 11) is 1.43. The fourth-order valence-corrected chi connectivity index (χ4v) is 3.75. The van der Waals surface area contributed by atoms with Crippen LogP contribution in [0.15, 0.2) is 42.5 Å². The molecule has 2 aromatic rings. The zero-order valence-corrected chi connectivity index (χ0v) is 15.2. The Morgan fingerprint density at radius 3 is 2.50 bits per heavy atom. The summed E-state index contributed by atoms with van der Waals surface area (Å²) in [4.78, 5) is 13.4. The second-order valence-corrected chi connectivity index (χ2v) is 6.94. The van der Waals surface area contributed by atoms with Gasteiger partial charge in [-0.2, -0.15) is 0 Å². The molecule has 6 heteroatoms. The third-order valence-electron chi connectivity index (χ3n) is 4.90. The van der Waals surface area contributed by atoms with Crippen LogP contribution in [0.2, 0.25) is 5.02 Å². The third kappa shape index (κ3) is 4.00. The van der Waals surface area contributed by atoms with E-state index in [-0.39, 0.29) is 17.7 Å². The van der Waals surface area contributed by atoms with Crippen molar-refractivity contribution in [1.82, 2.24) is 4.90 Å². The highest BCUT2D eigenvalue weighted by Crippen LogP contribution is 2.35. The number of rotatable bonds is 5. The quantitative estimate of drug-likeness (QED) is 0.840. The fraction of sp³-hybridized carbons (Fsp3) is 0.350. The number of aliphatic carboxylic acids is 1. The van der Waals surface area contributed by atoms with Crippen molar-refractivity contribution in [3.05, 3.63) is 64.4 Å². The summed E-state index contributed by atoms with van der Waals surface area (Å²) < 4.78 is 19.3. The molecule has 0 amide bonds. The fourth-order valence-electron chi connectivity index (χ4n) is 3.55. The Morgan fingerprint density at radius 2 is 1.92 bits per heavy atom. The number of carbonyl (C=O) groups is 1. The zero-order chi connectivity index (χ0) is 18.7. The summed E-state index contributed by atoms with van der Waals surface area (Å²) in [5, 5.41) is 9.84. The molecule has 4 nitrogen and oxygen atoms in total. The lowest BCUT2D eigenvalue weighted by Crippen LogP contribution is -2.39. The molecule has 1 atom stereocenters. The molecule has 1 heterocycles. The average Bonchev–Trinajstić information content (AvgIpc) is 2.63. The van der Waals surface area contributed by atoms with Crippen molar-refractivity contribution in [2.75, 3.05) is 20.2 Å². The Balaban J connectivity index is 1.95. The maximum atomic E-state index is 14.3. The van der Waals surface area contributed by atoms with Crippen molar-refractivity contribution in [1.29, 1.82) is 0 Å². The van der Waals surface area contributed by atoms with Gasteiger partial charge < -0.3 is 9.84 Å². The molecule has 2 aromatic carbocycles. The summed E-state index contributed by atoms with van der Waals surface area (Å²) in [6.07, 6.45) is 1.15. The van der Waals surface area contributed by atoms with Gasteiger partial charge in [0.15, 0.2) is 11.6 Å². The van der Waals surface area contributed by atoms with Crippen molar-refractivity contribution < 1.29 is 19.0 Å². The highest BCUT2D eigenvalue weighted by atomic mass is 35.5. The number of hydrogen-bond donors (Lipinski definition) is 1. The van der Waals surface area contributed by atoms with Crippen molar-refractivity contribution in [2.24, 2.45) is 5.92 Å². The van der Waals surface area contributed by atoms with E-state index in [1.165, 1.54) is 13.2 Å². The summed E-state index contributed by atoms with van der Waals surface area (Å²) in [6.45, 7) is 1.25. The molecule has 1 aliphatic rings. The Labute approximate surface area is 157 Å². The Bertz CT molecular complexity index is 790. The molecule has 0 aliphatic carbocycles. The smallest absolute Gasteiger partial charge is 0.306 e. The van der Waals surface area contributed by atoms with Crippen molar-refractivity contribution in [3.8, 4) is 5.75 Å². The van der Waals surface area contributed by atoms with Gasteiger partial charge in [0, 0.05) is 5.02 Å². The number of likely N-dealkylation sites (tertiary alicyclic amines) is 1. The number of carboxylic acids is 1. The van der Waals surface area contributed by atoms with Gasteiger partial charge in [0.1, 0.15) is 0 Å². The predicted octanol–water partition coefficient (Wildman–Crippen LogP) is 4.37. The van der Waals surface area contributed by atoms with E-state index in [0.717, 1.165) is 11.1 Å². The van der Waals surface area contributed by atoms with Crippen LogP contribution in [-0.4, -0.2) is 36.2 Å². The van der Waals surface area contributed by atoms with E-state index >= 15 is 0 Å². The molecule has 1 aliphatic heterocycles. The van der Waals surface area contributed by atoms with Crippen LogP contribution < -0.4 is 4.74 Å². The molecule has 1 unspecified atom stereocenters. The van der Waals surface area contributed by atoms with Crippen LogP contribution in [0, 0.1) is 11.7 Å². The van der Waals surface area contributed by atoms with Gasteiger partial charge >= 0.3 is 5.97 Å². The monoisotopic (exact) mass is 377 g/mol. The summed E-state index contributed by atoms with van der Waals surface area (Å²) in [5.74, 6) is -1.29. The van der Waals surface area contributed by atoms with E-state index < -0.39 is 11.8 Å². The Hall–Kier alpha value is -2.11. The number of benzene rings is 2. The van der Waals surface area contributed by atoms with Gasteiger partial charge in [-0.1, -0.05) is 29.8 Å². The Morgan fingerprint density at radius 1 is 1.23 bits per heavy atom. The number of piperidine rings is 1. The molecule has 1 saturated heterocycles. The Kier molecular flexibility index (Phi) is 5.79. The highest BCUT2D eigenvalue weighted by Gasteiger charge is 2.30. The largest absolute Gasteiger partial charge is 0.494 e. The molecule has 1 N–H and O–H groups in total. The van der Waals surface area contributed by atoms with E-state index in [0.29, 0.717) is 31.0 Å². The lowest BCUT2D eigenvalue weighted by molar-refractivity contribution is -0.143. The molecular formula is C20H21ClFNO3. The van der Waals surface area contributed by atoms with Crippen LogP contribution in [0.4, 0.5) is 4.39 Å². The molecule has 0 spiro atoms. The second kappa shape index (κ2) is 8.06. The van der Waals surface area contributed by atoms with Gasteiger partial charge in [0.05, 0.1) is 19.1 Å². The van der Waals surface area contributed by atoms with Gasteiger partial charge in [-0.05, 0) is 61.3 Å². The van der Waals surface area contributed by atoms with E-state index in [1.54, 1.807) is 12.1 Å². The minimum Gasteiger partial charge on any atom is -0.494 e. The van der Waals surface area contributed by atoms with Gasteiger partial charge in [-0.3, -0.25) is 9.69 Å². The first kappa shape index (κ1) is 18.7. The van der Waals surface area contributed by atoms with Crippen LogP contribution in [0.3, 0.4) is 0 Å². The normalized spacial score (nSPS) is 17.0. The topological polar surface area (TPSA) is 49.8 Å². The van der Waals surface area contributed by atoms with Crippen molar-refractivity contribution in [3.63, 3.8) is 0 Å². The molecular weight excluding hydrogens is 357 g/mol. The van der Waals surface area contributed by atoms with Crippen LogP contribution >= 0.6 is 11.6 Å². The van der Waals surface area contributed by atoms with E-state index in [2.05, 4.69) is 4.90 Å². The van der Waals surface area contributed by atoms with Crippen molar-refractivity contribution >= 4 is 17.6 Å². The first-order chi connectivity index (χ1) is 12.5. The van der Waals surface area contributed by atoms with E-state index in [4.69, 9.17) is 16.3 Å². The van der Waals surface area contributed by atoms with Crippen LogP contribution in [0.25, 0.3) is 0 Å². The summed E-state index contributed by atoms with van der Waals surface area (Å²) in [5.41, 5.74) is 1.75. The van der Waals surface area contributed by atoms with E-state index in [9.17, 15) is 14.3 Å². The van der Waals surface area contributed by atoms with Crippen LogP contribution in [-0.2, 0) is 4.79 Å². The molecule has 1 fully saturated rings.